The molecule has 5 unspecified atom stereocenters. The fraction of sp³-hybridized carbons (Fsp3) is 0.870. The van der Waals surface area contributed by atoms with Crippen molar-refractivity contribution in [2.24, 2.45) is 57.7 Å². The van der Waals surface area contributed by atoms with Crippen molar-refractivity contribution in [2.75, 3.05) is 49.3 Å². The van der Waals surface area contributed by atoms with Crippen molar-refractivity contribution in [1.82, 2.24) is 0 Å². The van der Waals surface area contributed by atoms with Crippen LogP contribution < -0.4 is 0 Å². The number of ether oxygens (including phenoxy) is 7. The second-order valence-electron chi connectivity index (χ2n) is 19.5. The lowest BCUT2D eigenvalue weighted by atomic mass is 9.90. The second-order valence-corrected chi connectivity index (χ2v) is 19.5. The summed E-state index contributed by atoms with van der Waals surface area (Å²) in [7, 11) is 8.49. The van der Waals surface area contributed by atoms with E-state index in [0.29, 0.717) is 24.4 Å². The molecule has 0 aromatic rings. The highest BCUT2D eigenvalue weighted by Gasteiger charge is 2.28. The third kappa shape index (κ3) is 42.4. The second kappa shape index (κ2) is 45.7. The Morgan fingerprint density at radius 3 is 0.824 bits per heavy atom. The molecule has 0 amide bonds. The van der Waals surface area contributed by atoms with Crippen LogP contribution in [0.2, 0.25) is 0 Å². The number of hydrogen-bond donors (Lipinski definition) is 0. The first-order valence-electron chi connectivity index (χ1n) is 24.8. The van der Waals surface area contributed by atoms with Gasteiger partial charge >= 0.3 is 41.8 Å². The van der Waals surface area contributed by atoms with Crippen LogP contribution in [0.1, 0.15) is 203 Å². The maximum Gasteiger partial charge on any atom is 0.311 e. The lowest BCUT2D eigenvalue weighted by Crippen LogP contribution is -2.27. The Morgan fingerprint density at radius 2 is 0.676 bits per heavy atom. The summed E-state index contributed by atoms with van der Waals surface area (Å²) in [6, 6.07) is 0. The molecule has 68 heavy (non-hydrogen) atoms. The molecule has 0 bridgehead atoms. The first-order valence-corrected chi connectivity index (χ1v) is 24.8. The Hall–Kier alpha value is -3.71. The highest BCUT2D eigenvalue weighted by atomic mass is 16.5. The Kier molecular flexibility index (Phi) is 52.8. The van der Waals surface area contributed by atoms with Crippen LogP contribution in [0.3, 0.4) is 0 Å². The summed E-state index contributed by atoms with van der Waals surface area (Å²) < 4.78 is 32.5. The van der Waals surface area contributed by atoms with E-state index in [2.05, 4.69) is 42.3 Å². The van der Waals surface area contributed by atoms with E-state index in [1.165, 1.54) is 61.9 Å². The van der Waals surface area contributed by atoms with Crippen LogP contribution in [-0.2, 0) is 66.7 Å². The van der Waals surface area contributed by atoms with Crippen molar-refractivity contribution in [1.29, 1.82) is 0 Å². The molecule has 0 fully saturated rings. The van der Waals surface area contributed by atoms with Gasteiger partial charge in [0.15, 0.2) is 0 Å². The van der Waals surface area contributed by atoms with Crippen LogP contribution in [0, 0.1) is 57.7 Å². The van der Waals surface area contributed by atoms with Crippen LogP contribution in [0.4, 0.5) is 0 Å². The molecular formula is C54H108O14. The molecule has 0 N–H and O–H groups in total. The predicted octanol–water partition coefficient (Wildman–Crippen LogP) is 12.7. The predicted molar refractivity (Wildman–Crippen MR) is 275 cm³/mol. The smallest absolute Gasteiger partial charge is 0.311 e. The SMILES string of the molecule is CCC(C)(C)C(=O)OC.CCC(C)(C)C(=O)OC.CCC(C)C(=O)OC.CCC(C)C(=O)OC.CCCCC(CC)COC(=O)C(C)(C)CC.COC(=O)C(C)C(C)C.COC(=O)C(C)C(C)C. The number of carbonyl (C=O) groups is 7. The molecule has 0 aliphatic heterocycles. The van der Waals surface area contributed by atoms with Crippen molar-refractivity contribution >= 4 is 41.8 Å². The lowest BCUT2D eigenvalue weighted by Gasteiger charge is -2.22. The fourth-order valence-corrected chi connectivity index (χ4v) is 3.92. The number of hydrogen-bond acceptors (Lipinski definition) is 14. The molecule has 0 rings (SSSR count). The zero-order valence-electron chi connectivity index (χ0n) is 48.8. The van der Waals surface area contributed by atoms with Gasteiger partial charge in [0.1, 0.15) is 0 Å². The summed E-state index contributed by atoms with van der Waals surface area (Å²) in [6.45, 7) is 41.7. The standard InChI is InChI=1S/C14H28O2.4C7H14O2.2C6H12O2/c1-6-9-10-12(7-2)11-16-13(15)14(4,5)8-3;2*1-5-7(2,3)6(8)9-4;2*1-5(2)6(3)7(8)9-4;2*1-4-5(2)6(7)8-3/h12H,6-11H2,1-5H3;2*5H2,1-4H3;2*5-6H,1-4H3;2*5H,4H2,1-3H3. The van der Waals surface area contributed by atoms with Gasteiger partial charge in [0, 0.05) is 0 Å². The van der Waals surface area contributed by atoms with Gasteiger partial charge in [0.2, 0.25) is 0 Å². The Morgan fingerprint density at radius 1 is 0.397 bits per heavy atom. The molecule has 0 aliphatic carbocycles. The molecule has 14 heteroatoms. The maximum absolute atomic E-state index is 11.8. The average Bonchev–Trinajstić information content (AvgIpc) is 3.34. The van der Waals surface area contributed by atoms with Crippen molar-refractivity contribution in [3.05, 3.63) is 0 Å². The van der Waals surface area contributed by atoms with Crippen LogP contribution in [0.15, 0.2) is 0 Å². The van der Waals surface area contributed by atoms with Gasteiger partial charge in [0.25, 0.3) is 0 Å². The minimum Gasteiger partial charge on any atom is -0.469 e. The highest BCUT2D eigenvalue weighted by molar-refractivity contribution is 5.76. The van der Waals surface area contributed by atoms with Gasteiger partial charge in [-0.3, -0.25) is 33.6 Å². The van der Waals surface area contributed by atoms with Crippen LogP contribution in [-0.4, -0.2) is 91.1 Å². The molecule has 0 aliphatic rings. The first-order chi connectivity index (χ1) is 31.2. The van der Waals surface area contributed by atoms with Gasteiger partial charge in [-0.2, -0.15) is 0 Å². The molecule has 0 heterocycles. The van der Waals surface area contributed by atoms with Gasteiger partial charge in [0.05, 0.1) is 89.2 Å². The van der Waals surface area contributed by atoms with Gasteiger partial charge < -0.3 is 33.2 Å². The van der Waals surface area contributed by atoms with E-state index in [1.54, 1.807) is 0 Å². The van der Waals surface area contributed by atoms with Crippen molar-refractivity contribution in [3.8, 4) is 0 Å². The van der Waals surface area contributed by atoms with E-state index >= 15 is 0 Å². The van der Waals surface area contributed by atoms with Gasteiger partial charge in [-0.25, -0.2) is 0 Å². The normalized spacial score (nSPS) is 12.7. The Bertz CT molecular complexity index is 1230. The molecule has 0 radical (unpaired) electrons. The molecule has 14 nitrogen and oxygen atoms in total. The highest BCUT2D eigenvalue weighted by Crippen LogP contribution is 2.24. The van der Waals surface area contributed by atoms with E-state index in [4.69, 9.17) is 4.74 Å². The largest absolute Gasteiger partial charge is 0.469 e. The summed E-state index contributed by atoms with van der Waals surface area (Å²) >= 11 is 0. The van der Waals surface area contributed by atoms with Gasteiger partial charge in [-0.15, -0.1) is 0 Å². The average molecular weight is 981 g/mol. The number of rotatable bonds is 20. The van der Waals surface area contributed by atoms with E-state index in [9.17, 15) is 33.6 Å². The molecule has 0 aromatic heterocycles. The minimum atomic E-state index is -0.330. The Balaban J connectivity index is -0.000000130. The maximum atomic E-state index is 11.8. The molecular weight excluding hydrogens is 873 g/mol. The van der Waals surface area contributed by atoms with E-state index in [0.717, 1.165) is 38.5 Å². The molecule has 0 saturated carbocycles. The van der Waals surface area contributed by atoms with Gasteiger partial charge in [-0.05, 0) is 97.8 Å². The van der Waals surface area contributed by atoms with Crippen molar-refractivity contribution in [2.45, 2.75) is 203 Å². The van der Waals surface area contributed by atoms with Crippen LogP contribution in [0.5, 0.6) is 0 Å². The molecule has 5 atom stereocenters. The lowest BCUT2D eigenvalue weighted by molar-refractivity contribution is -0.156. The number of unbranched alkanes of at least 4 members (excludes halogenated alkanes) is 1. The third-order valence-electron chi connectivity index (χ3n) is 12.3. The summed E-state index contributed by atoms with van der Waals surface area (Å²) in [5, 5.41) is 0. The van der Waals surface area contributed by atoms with Crippen LogP contribution >= 0.6 is 0 Å². The topological polar surface area (TPSA) is 184 Å². The Labute approximate surface area is 417 Å². The summed E-state index contributed by atoms with van der Waals surface area (Å²) in [6.07, 6.45) is 8.89. The summed E-state index contributed by atoms with van der Waals surface area (Å²) in [5.74, 6) is 0.645. The zero-order valence-corrected chi connectivity index (χ0v) is 48.8. The molecule has 0 aromatic carbocycles. The van der Waals surface area contributed by atoms with E-state index in [1.807, 2.05) is 132 Å². The fourth-order valence-electron chi connectivity index (χ4n) is 3.92. The van der Waals surface area contributed by atoms with Gasteiger partial charge in [-0.1, -0.05) is 123 Å². The summed E-state index contributed by atoms with van der Waals surface area (Å²) in [4.78, 5) is 76.0. The number of esters is 7. The van der Waals surface area contributed by atoms with E-state index in [-0.39, 0.29) is 81.7 Å². The zero-order chi connectivity index (χ0) is 55.6. The number of methoxy groups -OCH3 is 6. The molecule has 408 valence electrons. The third-order valence-corrected chi connectivity index (χ3v) is 12.3. The van der Waals surface area contributed by atoms with Crippen molar-refractivity contribution < 1.29 is 66.7 Å². The monoisotopic (exact) mass is 981 g/mol. The van der Waals surface area contributed by atoms with Crippen LogP contribution in [0.25, 0.3) is 0 Å². The number of carbonyl (C=O) groups excluding carboxylic acids is 7. The van der Waals surface area contributed by atoms with Crippen molar-refractivity contribution in [3.63, 3.8) is 0 Å². The van der Waals surface area contributed by atoms with E-state index < -0.39 is 0 Å². The quantitative estimate of drug-likeness (QED) is 0.0829. The minimum absolute atomic E-state index is 0.0231. The molecule has 0 saturated heterocycles. The molecule has 0 spiro atoms. The summed E-state index contributed by atoms with van der Waals surface area (Å²) in [5.41, 5.74) is -0.952. The first kappa shape index (κ1) is 78.5.